The molecule has 1 aliphatic carbocycles. The Balaban J connectivity index is 2.66. The molecule has 1 N–H and O–H groups in total. The summed E-state index contributed by atoms with van der Waals surface area (Å²) in [5.74, 6) is -1.09. The van der Waals surface area contributed by atoms with Crippen molar-refractivity contribution in [1.82, 2.24) is 9.80 Å². The van der Waals surface area contributed by atoms with Gasteiger partial charge in [-0.3, -0.25) is 14.4 Å². The first-order chi connectivity index (χ1) is 11.8. The number of aliphatic hydroxyl groups is 1. The van der Waals surface area contributed by atoms with Crippen LogP contribution in [0.2, 0.25) is 0 Å². The Morgan fingerprint density at radius 2 is 1.80 bits per heavy atom. The van der Waals surface area contributed by atoms with E-state index in [1.807, 2.05) is 13.8 Å². The number of Topliss-reactive ketones (excluding diaryl/α,β-unsaturated/α-hetero) is 2. The minimum atomic E-state index is -0.429. The van der Waals surface area contributed by atoms with Crippen LogP contribution in [0, 0.1) is 13.8 Å². The van der Waals surface area contributed by atoms with Gasteiger partial charge in [0.15, 0.2) is 0 Å². The molecule has 0 bridgehead atoms. The lowest BCUT2D eigenvalue weighted by Crippen LogP contribution is -2.41. The van der Waals surface area contributed by atoms with Crippen LogP contribution >= 0.6 is 11.3 Å². The number of carbonyl (C=O) groups excluding carboxylic acids is 3. The molecular formula is C17H22N2O5S. The summed E-state index contributed by atoms with van der Waals surface area (Å²) in [4.78, 5) is 42.4. The van der Waals surface area contributed by atoms with Crippen LogP contribution in [-0.2, 0) is 9.53 Å². The number of ether oxygens (including phenoxy) is 1. The predicted molar refractivity (Wildman–Crippen MR) is 93.8 cm³/mol. The van der Waals surface area contributed by atoms with Crippen molar-refractivity contribution in [3.05, 3.63) is 32.3 Å². The van der Waals surface area contributed by atoms with E-state index in [-0.39, 0.29) is 42.7 Å². The summed E-state index contributed by atoms with van der Waals surface area (Å²) in [7, 11) is 4.45. The molecule has 25 heavy (non-hydrogen) atoms. The molecule has 2 rings (SSSR count). The number of ketones is 2. The number of fused-ring (bicyclic) bond motifs is 1. The van der Waals surface area contributed by atoms with Gasteiger partial charge < -0.3 is 19.6 Å². The van der Waals surface area contributed by atoms with Crippen molar-refractivity contribution in [2.45, 2.75) is 13.8 Å². The number of amides is 1. The fraction of sp³-hybridized carbons (Fsp3) is 0.471. The number of allylic oxidation sites excluding steroid dienone is 2. The van der Waals surface area contributed by atoms with E-state index in [1.165, 1.54) is 35.3 Å². The van der Waals surface area contributed by atoms with Gasteiger partial charge in [-0.2, -0.15) is 0 Å². The summed E-state index contributed by atoms with van der Waals surface area (Å²) >= 11 is 1.26. The van der Waals surface area contributed by atoms with Gasteiger partial charge >= 0.3 is 0 Å². The maximum Gasteiger partial charge on any atom is 0.252 e. The molecule has 0 fully saturated rings. The number of nitrogens with zero attached hydrogens (tertiary/aromatic N) is 2. The third kappa shape index (κ3) is 3.24. The van der Waals surface area contributed by atoms with Crippen LogP contribution < -0.4 is 0 Å². The third-order valence-corrected chi connectivity index (χ3v) is 5.47. The van der Waals surface area contributed by atoms with E-state index in [4.69, 9.17) is 4.74 Å². The van der Waals surface area contributed by atoms with Gasteiger partial charge in [0.2, 0.25) is 11.6 Å². The average molecular weight is 366 g/mol. The summed E-state index contributed by atoms with van der Waals surface area (Å²) in [6, 6.07) is 0. The number of aliphatic hydroxyl groups excluding tert-OH is 1. The highest BCUT2D eigenvalue weighted by Gasteiger charge is 2.40. The predicted octanol–water partition coefficient (Wildman–Crippen LogP) is 0.984. The quantitative estimate of drug-likeness (QED) is 0.808. The average Bonchev–Trinajstić information content (AvgIpc) is 2.86. The van der Waals surface area contributed by atoms with E-state index < -0.39 is 5.91 Å². The Kier molecular flexibility index (Phi) is 5.76. The van der Waals surface area contributed by atoms with Gasteiger partial charge in [-0.15, -0.1) is 11.3 Å². The van der Waals surface area contributed by atoms with Gasteiger partial charge in [0.05, 0.1) is 11.5 Å². The van der Waals surface area contributed by atoms with Crippen molar-refractivity contribution in [3.63, 3.8) is 0 Å². The summed E-state index contributed by atoms with van der Waals surface area (Å²) in [6.07, 6.45) is 0. The number of methoxy groups -OCH3 is 1. The van der Waals surface area contributed by atoms with Crippen LogP contribution in [0.3, 0.4) is 0 Å². The van der Waals surface area contributed by atoms with Crippen molar-refractivity contribution in [3.8, 4) is 0 Å². The molecule has 1 amide bonds. The van der Waals surface area contributed by atoms with Gasteiger partial charge in [-0.25, -0.2) is 0 Å². The fourth-order valence-corrected chi connectivity index (χ4v) is 3.87. The second kappa shape index (κ2) is 7.47. The minimum absolute atomic E-state index is 0.0248. The Morgan fingerprint density at radius 1 is 1.16 bits per heavy atom. The second-order valence-electron chi connectivity index (χ2n) is 5.87. The first kappa shape index (κ1) is 19.3. The van der Waals surface area contributed by atoms with E-state index in [2.05, 4.69) is 0 Å². The van der Waals surface area contributed by atoms with E-state index in [0.717, 1.165) is 10.4 Å². The van der Waals surface area contributed by atoms with Gasteiger partial charge in [0.25, 0.3) is 5.91 Å². The zero-order chi connectivity index (χ0) is 18.9. The molecule has 0 spiro atoms. The van der Waals surface area contributed by atoms with E-state index >= 15 is 0 Å². The molecule has 0 aromatic carbocycles. The van der Waals surface area contributed by atoms with Crippen molar-refractivity contribution in [1.29, 1.82) is 0 Å². The van der Waals surface area contributed by atoms with Crippen molar-refractivity contribution in [2.75, 3.05) is 41.0 Å². The van der Waals surface area contributed by atoms with Crippen LogP contribution in [0.15, 0.2) is 11.4 Å². The van der Waals surface area contributed by atoms with Crippen LogP contribution in [0.25, 0.3) is 0 Å². The van der Waals surface area contributed by atoms with E-state index in [0.29, 0.717) is 10.4 Å². The van der Waals surface area contributed by atoms with Crippen molar-refractivity contribution < 1.29 is 24.2 Å². The molecule has 0 aliphatic heterocycles. The molecule has 0 saturated carbocycles. The van der Waals surface area contributed by atoms with Crippen LogP contribution in [-0.4, -0.2) is 73.3 Å². The molecule has 136 valence electrons. The zero-order valence-corrected chi connectivity index (χ0v) is 15.8. The summed E-state index contributed by atoms with van der Waals surface area (Å²) < 4.78 is 4.85. The smallest absolute Gasteiger partial charge is 0.252 e. The minimum Gasteiger partial charge on any atom is -0.395 e. The monoisotopic (exact) mass is 366 g/mol. The first-order valence-corrected chi connectivity index (χ1v) is 8.59. The fourth-order valence-electron chi connectivity index (χ4n) is 2.77. The molecule has 0 unspecified atom stereocenters. The summed E-state index contributed by atoms with van der Waals surface area (Å²) in [6.45, 7) is 3.45. The summed E-state index contributed by atoms with van der Waals surface area (Å²) in [5, 5.41) is 9.23. The molecule has 1 heterocycles. The molecule has 1 aliphatic rings. The number of hydrogen-bond donors (Lipinski definition) is 1. The maximum atomic E-state index is 13.1. The number of likely N-dealkylation sites (N-methyl/N-ethyl adjacent to an activating group) is 2. The van der Waals surface area contributed by atoms with Crippen LogP contribution in [0.1, 0.15) is 30.5 Å². The van der Waals surface area contributed by atoms with Gasteiger partial charge in [-0.05, 0) is 19.4 Å². The van der Waals surface area contributed by atoms with Crippen LogP contribution in [0.4, 0.5) is 0 Å². The molecule has 0 saturated heterocycles. The second-order valence-corrected chi connectivity index (χ2v) is 7.10. The molecule has 8 heteroatoms. The zero-order valence-electron chi connectivity index (χ0n) is 15.0. The van der Waals surface area contributed by atoms with Gasteiger partial charge in [0, 0.05) is 38.2 Å². The molecule has 1 aromatic heterocycles. The topological polar surface area (TPSA) is 87.2 Å². The van der Waals surface area contributed by atoms with Gasteiger partial charge in [0.1, 0.15) is 18.0 Å². The Bertz CT molecular complexity index is 765. The van der Waals surface area contributed by atoms with Crippen molar-refractivity contribution >= 4 is 28.8 Å². The van der Waals surface area contributed by atoms with Crippen molar-refractivity contribution in [2.24, 2.45) is 0 Å². The summed E-state index contributed by atoms with van der Waals surface area (Å²) in [5.41, 5.74) is 1.32. The highest BCUT2D eigenvalue weighted by Crippen LogP contribution is 2.37. The Labute approximate surface area is 150 Å². The van der Waals surface area contributed by atoms with E-state index in [9.17, 15) is 19.5 Å². The molecule has 0 radical (unpaired) electrons. The lowest BCUT2D eigenvalue weighted by molar-refractivity contribution is -0.131. The Hall–Kier alpha value is -2.03. The lowest BCUT2D eigenvalue weighted by atomic mass is 9.92. The molecular weight excluding hydrogens is 344 g/mol. The standard InChI is InChI=1S/C17H22N2O5S/c1-9-10(2)25-17-12(9)15(22)13(18(3)6-7-20)14(16(17)23)19(4)11(21)8-24-5/h20H,6-8H2,1-5H3. The SMILES string of the molecule is COCC(=O)N(C)C1=C(N(C)CCO)C(=O)c2c(sc(C)c2C)C1=O. The number of carbonyl (C=O) groups is 3. The van der Waals surface area contributed by atoms with Crippen LogP contribution in [0.5, 0.6) is 0 Å². The number of thiophene rings is 1. The number of hydrogen-bond acceptors (Lipinski definition) is 7. The number of aryl methyl sites for hydroxylation is 1. The maximum absolute atomic E-state index is 13.1. The van der Waals surface area contributed by atoms with E-state index in [1.54, 1.807) is 7.05 Å². The van der Waals surface area contributed by atoms with Gasteiger partial charge in [-0.1, -0.05) is 0 Å². The third-order valence-electron chi connectivity index (χ3n) is 4.27. The molecule has 7 nitrogen and oxygen atoms in total. The highest BCUT2D eigenvalue weighted by molar-refractivity contribution is 7.15. The molecule has 1 aromatic rings. The molecule has 0 atom stereocenters. The lowest BCUT2D eigenvalue weighted by Gasteiger charge is -2.30. The Morgan fingerprint density at radius 3 is 2.36 bits per heavy atom. The normalized spacial score (nSPS) is 14.0. The number of rotatable bonds is 6. The highest BCUT2D eigenvalue weighted by atomic mass is 32.1. The first-order valence-electron chi connectivity index (χ1n) is 7.77. The largest absolute Gasteiger partial charge is 0.395 e.